The summed E-state index contributed by atoms with van der Waals surface area (Å²) in [6.07, 6.45) is 2.88. The fraction of sp³-hybridized carbons (Fsp3) is 0.538. The van der Waals surface area contributed by atoms with Crippen molar-refractivity contribution in [2.75, 3.05) is 13.1 Å². The van der Waals surface area contributed by atoms with Crippen LogP contribution in [0.15, 0.2) is 28.7 Å². The maximum Gasteiger partial charge on any atom is 0.0233 e. The third-order valence-electron chi connectivity index (χ3n) is 2.98. The minimum Gasteiger partial charge on any atom is -0.299 e. The van der Waals surface area contributed by atoms with Crippen molar-refractivity contribution in [1.29, 1.82) is 0 Å². The first-order valence-electron chi connectivity index (χ1n) is 5.74. The van der Waals surface area contributed by atoms with Gasteiger partial charge >= 0.3 is 0 Å². The highest BCUT2D eigenvalue weighted by atomic mass is 79.9. The fourth-order valence-electron chi connectivity index (χ4n) is 1.82. The van der Waals surface area contributed by atoms with Crippen LogP contribution in [0.2, 0.25) is 0 Å². The van der Waals surface area contributed by atoms with Gasteiger partial charge in [-0.3, -0.25) is 4.90 Å². The number of halogens is 1. The zero-order valence-electron chi connectivity index (χ0n) is 9.25. The van der Waals surface area contributed by atoms with Crippen molar-refractivity contribution >= 4 is 15.9 Å². The molecule has 15 heavy (non-hydrogen) atoms. The Morgan fingerprint density at radius 3 is 2.47 bits per heavy atom. The predicted molar refractivity (Wildman–Crippen MR) is 67.8 cm³/mol. The summed E-state index contributed by atoms with van der Waals surface area (Å²) in [5.41, 5.74) is 1.42. The van der Waals surface area contributed by atoms with Crippen molar-refractivity contribution in [3.63, 3.8) is 0 Å². The molecular formula is C13H18BrN. The van der Waals surface area contributed by atoms with Gasteiger partial charge in [0.1, 0.15) is 0 Å². The van der Waals surface area contributed by atoms with Crippen molar-refractivity contribution in [1.82, 2.24) is 4.90 Å². The lowest BCUT2D eigenvalue weighted by Crippen LogP contribution is -2.25. The van der Waals surface area contributed by atoms with Gasteiger partial charge in [0.2, 0.25) is 0 Å². The SMILES string of the molecule is CCN(Cc1ccc(Br)cc1)CC1CC1. The standard InChI is InChI=1S/C13H18BrN/c1-2-15(9-11-3-4-11)10-12-5-7-13(14)8-6-12/h5-8,11H,2-4,9-10H2,1H3. The Hall–Kier alpha value is -0.340. The first-order valence-corrected chi connectivity index (χ1v) is 6.54. The first kappa shape index (κ1) is 11.2. The minimum atomic E-state index is 0.986. The van der Waals surface area contributed by atoms with Crippen molar-refractivity contribution in [3.8, 4) is 0 Å². The molecule has 0 amide bonds. The van der Waals surface area contributed by atoms with Gasteiger partial charge in [0.05, 0.1) is 0 Å². The first-order chi connectivity index (χ1) is 7.28. The van der Waals surface area contributed by atoms with Crippen LogP contribution >= 0.6 is 15.9 Å². The number of benzene rings is 1. The van der Waals surface area contributed by atoms with E-state index in [-0.39, 0.29) is 0 Å². The van der Waals surface area contributed by atoms with Crippen LogP contribution in [0.1, 0.15) is 25.3 Å². The molecular weight excluding hydrogens is 250 g/mol. The summed E-state index contributed by atoms with van der Waals surface area (Å²) in [4.78, 5) is 2.54. The van der Waals surface area contributed by atoms with Crippen molar-refractivity contribution < 1.29 is 0 Å². The second-order valence-corrected chi connectivity index (χ2v) is 5.31. The molecule has 1 nitrogen and oxygen atoms in total. The summed E-state index contributed by atoms with van der Waals surface area (Å²) >= 11 is 3.47. The molecule has 0 heterocycles. The van der Waals surface area contributed by atoms with Crippen molar-refractivity contribution in [2.24, 2.45) is 5.92 Å². The van der Waals surface area contributed by atoms with E-state index in [1.807, 2.05) is 0 Å². The Morgan fingerprint density at radius 2 is 1.93 bits per heavy atom. The Kier molecular flexibility index (Phi) is 3.81. The number of rotatable bonds is 5. The van der Waals surface area contributed by atoms with Gasteiger partial charge < -0.3 is 0 Å². The maximum absolute atomic E-state index is 3.47. The van der Waals surface area contributed by atoms with Crippen LogP contribution in [0.4, 0.5) is 0 Å². The zero-order chi connectivity index (χ0) is 10.7. The predicted octanol–water partition coefficient (Wildman–Crippen LogP) is 3.68. The van der Waals surface area contributed by atoms with E-state index < -0.39 is 0 Å². The maximum atomic E-state index is 3.47. The molecule has 1 aliphatic carbocycles. The number of nitrogens with zero attached hydrogens (tertiary/aromatic N) is 1. The fourth-order valence-corrected chi connectivity index (χ4v) is 2.08. The van der Waals surface area contributed by atoms with Crippen molar-refractivity contribution in [2.45, 2.75) is 26.3 Å². The van der Waals surface area contributed by atoms with Crippen LogP contribution in [0.3, 0.4) is 0 Å². The van der Waals surface area contributed by atoms with Crippen LogP contribution in [0.5, 0.6) is 0 Å². The van der Waals surface area contributed by atoms with E-state index in [1.54, 1.807) is 0 Å². The van der Waals surface area contributed by atoms with Gasteiger partial charge in [-0.2, -0.15) is 0 Å². The molecule has 0 N–H and O–H groups in total. The minimum absolute atomic E-state index is 0.986. The molecule has 1 aromatic carbocycles. The smallest absolute Gasteiger partial charge is 0.0233 e. The molecule has 2 heteroatoms. The van der Waals surface area contributed by atoms with E-state index in [2.05, 4.69) is 52.0 Å². The number of hydrogen-bond acceptors (Lipinski definition) is 1. The molecule has 0 spiro atoms. The molecule has 0 aromatic heterocycles. The summed E-state index contributed by atoms with van der Waals surface area (Å²) in [6, 6.07) is 8.67. The van der Waals surface area contributed by atoms with Gasteiger partial charge in [0, 0.05) is 17.6 Å². The summed E-state index contributed by atoms with van der Waals surface area (Å²) in [6.45, 7) is 5.79. The summed E-state index contributed by atoms with van der Waals surface area (Å²) in [5.74, 6) is 0.986. The summed E-state index contributed by atoms with van der Waals surface area (Å²) in [5, 5.41) is 0. The Morgan fingerprint density at radius 1 is 1.27 bits per heavy atom. The zero-order valence-corrected chi connectivity index (χ0v) is 10.8. The average Bonchev–Trinajstić information content (AvgIpc) is 3.04. The van der Waals surface area contributed by atoms with Gasteiger partial charge in [-0.15, -0.1) is 0 Å². The molecule has 0 saturated heterocycles. The van der Waals surface area contributed by atoms with Gasteiger partial charge in [-0.25, -0.2) is 0 Å². The third kappa shape index (κ3) is 3.62. The Labute approximate surface area is 101 Å². The molecule has 2 rings (SSSR count). The van der Waals surface area contributed by atoms with Crippen LogP contribution < -0.4 is 0 Å². The quantitative estimate of drug-likeness (QED) is 0.787. The molecule has 0 atom stereocenters. The van der Waals surface area contributed by atoms with E-state index in [1.165, 1.54) is 24.9 Å². The van der Waals surface area contributed by atoms with Crippen molar-refractivity contribution in [3.05, 3.63) is 34.3 Å². The average molecular weight is 268 g/mol. The molecule has 0 radical (unpaired) electrons. The molecule has 1 fully saturated rings. The van der Waals surface area contributed by atoms with Crippen LogP contribution in [0.25, 0.3) is 0 Å². The molecule has 1 aliphatic rings. The normalized spacial score (nSPS) is 15.9. The Bertz CT molecular complexity index is 303. The third-order valence-corrected chi connectivity index (χ3v) is 3.51. The molecule has 82 valence electrons. The summed E-state index contributed by atoms with van der Waals surface area (Å²) in [7, 11) is 0. The van der Waals surface area contributed by atoms with Crippen LogP contribution in [0, 0.1) is 5.92 Å². The highest BCUT2D eigenvalue weighted by Gasteiger charge is 2.23. The van der Waals surface area contributed by atoms with E-state index >= 15 is 0 Å². The molecule has 1 saturated carbocycles. The van der Waals surface area contributed by atoms with Gasteiger partial charge in [-0.1, -0.05) is 35.0 Å². The van der Waals surface area contributed by atoms with E-state index in [0.29, 0.717) is 0 Å². The second kappa shape index (κ2) is 5.13. The molecule has 1 aromatic rings. The van der Waals surface area contributed by atoms with E-state index in [9.17, 15) is 0 Å². The molecule has 0 bridgehead atoms. The highest BCUT2D eigenvalue weighted by molar-refractivity contribution is 9.10. The topological polar surface area (TPSA) is 3.24 Å². The molecule has 0 aliphatic heterocycles. The lowest BCUT2D eigenvalue weighted by Gasteiger charge is -2.20. The lowest BCUT2D eigenvalue weighted by molar-refractivity contribution is 0.268. The summed E-state index contributed by atoms with van der Waals surface area (Å²) < 4.78 is 1.16. The number of hydrogen-bond donors (Lipinski definition) is 0. The van der Waals surface area contributed by atoms with Crippen LogP contribution in [-0.4, -0.2) is 18.0 Å². The highest BCUT2D eigenvalue weighted by Crippen LogP contribution is 2.30. The second-order valence-electron chi connectivity index (χ2n) is 4.40. The van der Waals surface area contributed by atoms with E-state index in [4.69, 9.17) is 0 Å². The van der Waals surface area contributed by atoms with Crippen LogP contribution in [-0.2, 0) is 6.54 Å². The van der Waals surface area contributed by atoms with Gasteiger partial charge in [0.25, 0.3) is 0 Å². The van der Waals surface area contributed by atoms with Gasteiger partial charge in [-0.05, 0) is 43.0 Å². The largest absolute Gasteiger partial charge is 0.299 e. The monoisotopic (exact) mass is 267 g/mol. The Balaban J connectivity index is 1.89. The van der Waals surface area contributed by atoms with E-state index in [0.717, 1.165) is 23.5 Å². The molecule has 0 unspecified atom stereocenters. The lowest BCUT2D eigenvalue weighted by atomic mass is 10.2. The van der Waals surface area contributed by atoms with Gasteiger partial charge in [0.15, 0.2) is 0 Å².